The molecule has 1 aromatic rings. The summed E-state index contributed by atoms with van der Waals surface area (Å²) >= 11 is 0. The van der Waals surface area contributed by atoms with E-state index in [4.69, 9.17) is 5.26 Å². The van der Waals surface area contributed by atoms with Gasteiger partial charge >= 0.3 is 0 Å². The fraction of sp³-hybridized carbons (Fsp3) is 0.538. The maximum Gasteiger partial charge on any atom is 0.130 e. The maximum atomic E-state index is 8.69. The van der Waals surface area contributed by atoms with Crippen molar-refractivity contribution in [1.82, 2.24) is 4.98 Å². The summed E-state index contributed by atoms with van der Waals surface area (Å²) in [5, 5.41) is 12.0. The van der Waals surface area contributed by atoms with Crippen molar-refractivity contribution in [2.75, 3.05) is 23.8 Å². The lowest BCUT2D eigenvalue weighted by Crippen LogP contribution is -2.29. The van der Waals surface area contributed by atoms with Gasteiger partial charge in [0.15, 0.2) is 0 Å². The second kappa shape index (κ2) is 6.74. The van der Waals surface area contributed by atoms with Crippen LogP contribution in [0.1, 0.15) is 26.7 Å². The molecule has 0 fully saturated rings. The summed E-state index contributed by atoms with van der Waals surface area (Å²) in [7, 11) is 1.97. The zero-order valence-electron chi connectivity index (χ0n) is 10.8. The molecule has 1 rings (SSSR count). The van der Waals surface area contributed by atoms with Crippen LogP contribution < -0.4 is 10.2 Å². The lowest BCUT2D eigenvalue weighted by Gasteiger charge is -2.24. The maximum absolute atomic E-state index is 8.69. The number of rotatable bonds is 6. The molecule has 0 saturated carbocycles. The van der Waals surface area contributed by atoms with E-state index in [1.54, 1.807) is 0 Å². The molecule has 1 heterocycles. The Hall–Kier alpha value is -1.76. The Morgan fingerprint density at radius 3 is 2.94 bits per heavy atom. The summed E-state index contributed by atoms with van der Waals surface area (Å²) < 4.78 is 0. The number of hydrogen-bond acceptors (Lipinski definition) is 4. The number of anilines is 2. The highest BCUT2D eigenvalue weighted by Crippen LogP contribution is 2.16. The minimum atomic E-state index is 0.175. The van der Waals surface area contributed by atoms with Crippen LogP contribution in [0, 0.1) is 11.3 Å². The Kier molecular flexibility index (Phi) is 5.28. The zero-order valence-corrected chi connectivity index (χ0v) is 10.8. The first-order valence-corrected chi connectivity index (χ1v) is 5.99. The molecule has 1 aromatic heterocycles. The van der Waals surface area contributed by atoms with Gasteiger partial charge in [0.05, 0.1) is 12.5 Å². The lowest BCUT2D eigenvalue weighted by molar-refractivity contribution is 0.694. The van der Waals surface area contributed by atoms with Crippen LogP contribution in [0.2, 0.25) is 0 Å². The van der Waals surface area contributed by atoms with Gasteiger partial charge in [-0.25, -0.2) is 4.98 Å². The first-order valence-electron chi connectivity index (χ1n) is 5.99. The summed E-state index contributed by atoms with van der Waals surface area (Å²) in [6.07, 6.45) is 1.58. The normalized spacial score (nSPS) is 11.6. The van der Waals surface area contributed by atoms with Crippen molar-refractivity contribution in [2.24, 2.45) is 0 Å². The Labute approximate surface area is 103 Å². The van der Waals surface area contributed by atoms with Gasteiger partial charge in [0, 0.05) is 19.6 Å². The van der Waals surface area contributed by atoms with Gasteiger partial charge in [0.2, 0.25) is 0 Å². The predicted octanol–water partition coefficient (Wildman–Crippen LogP) is 2.64. The molecule has 0 aliphatic heterocycles. The van der Waals surface area contributed by atoms with E-state index in [2.05, 4.69) is 23.3 Å². The summed E-state index contributed by atoms with van der Waals surface area (Å²) in [6.45, 7) is 5.07. The molecule has 4 nitrogen and oxygen atoms in total. The third-order valence-electron chi connectivity index (χ3n) is 2.70. The van der Waals surface area contributed by atoms with Gasteiger partial charge in [0.25, 0.3) is 0 Å². The summed E-state index contributed by atoms with van der Waals surface area (Å²) in [4.78, 5) is 6.55. The van der Waals surface area contributed by atoms with Crippen molar-refractivity contribution >= 4 is 11.6 Å². The van der Waals surface area contributed by atoms with Crippen molar-refractivity contribution in [3.8, 4) is 6.07 Å². The fourth-order valence-electron chi connectivity index (χ4n) is 1.47. The van der Waals surface area contributed by atoms with Crippen LogP contribution in [0.15, 0.2) is 18.2 Å². The number of hydrogen-bond donors (Lipinski definition) is 1. The quantitative estimate of drug-likeness (QED) is 0.819. The predicted molar refractivity (Wildman–Crippen MR) is 71.1 cm³/mol. The van der Waals surface area contributed by atoms with Gasteiger partial charge in [-0.15, -0.1) is 0 Å². The van der Waals surface area contributed by atoms with E-state index < -0.39 is 0 Å². The number of aromatic nitrogens is 1. The van der Waals surface area contributed by atoms with Crippen molar-refractivity contribution in [3.63, 3.8) is 0 Å². The van der Waals surface area contributed by atoms with Crippen LogP contribution in [-0.2, 0) is 0 Å². The van der Waals surface area contributed by atoms with E-state index in [0.29, 0.717) is 6.42 Å². The van der Waals surface area contributed by atoms with Gasteiger partial charge in [-0.3, -0.25) is 0 Å². The standard InChI is InChI=1S/C13H20N4/c1-4-10-15-12-6-5-7-13(16-12)17(3)11(2)8-9-14/h5-7,11H,4,8,10H2,1-3H3,(H,15,16). The third-order valence-corrected chi connectivity index (χ3v) is 2.70. The Balaban J connectivity index is 2.73. The first-order chi connectivity index (χ1) is 8.19. The van der Waals surface area contributed by atoms with Crippen molar-refractivity contribution < 1.29 is 0 Å². The zero-order chi connectivity index (χ0) is 12.7. The van der Waals surface area contributed by atoms with E-state index in [1.807, 2.05) is 37.1 Å². The van der Waals surface area contributed by atoms with Gasteiger partial charge in [-0.05, 0) is 25.5 Å². The molecule has 0 aliphatic rings. The van der Waals surface area contributed by atoms with Crippen molar-refractivity contribution in [2.45, 2.75) is 32.7 Å². The monoisotopic (exact) mass is 232 g/mol. The van der Waals surface area contributed by atoms with Crippen LogP contribution in [0.4, 0.5) is 11.6 Å². The molecule has 1 unspecified atom stereocenters. The topological polar surface area (TPSA) is 52.0 Å². The molecule has 1 N–H and O–H groups in total. The van der Waals surface area contributed by atoms with Crippen molar-refractivity contribution in [3.05, 3.63) is 18.2 Å². The van der Waals surface area contributed by atoms with Gasteiger partial charge in [0.1, 0.15) is 11.6 Å². The van der Waals surface area contributed by atoms with Gasteiger partial charge in [-0.2, -0.15) is 5.26 Å². The molecule has 0 saturated heterocycles. The molecule has 92 valence electrons. The Morgan fingerprint density at radius 1 is 1.53 bits per heavy atom. The van der Waals surface area contributed by atoms with Crippen LogP contribution in [0.3, 0.4) is 0 Å². The van der Waals surface area contributed by atoms with E-state index in [1.165, 1.54) is 0 Å². The molecule has 0 bridgehead atoms. The Morgan fingerprint density at radius 2 is 2.29 bits per heavy atom. The third kappa shape index (κ3) is 3.95. The highest BCUT2D eigenvalue weighted by Gasteiger charge is 2.10. The average Bonchev–Trinajstić information content (AvgIpc) is 2.36. The van der Waals surface area contributed by atoms with E-state index in [9.17, 15) is 0 Å². The molecule has 1 atom stereocenters. The molecular weight excluding hydrogens is 212 g/mol. The van der Waals surface area contributed by atoms with Crippen LogP contribution in [0.5, 0.6) is 0 Å². The van der Waals surface area contributed by atoms with Gasteiger partial charge in [-0.1, -0.05) is 13.0 Å². The van der Waals surface area contributed by atoms with E-state index >= 15 is 0 Å². The molecular formula is C13H20N4. The largest absolute Gasteiger partial charge is 0.370 e. The second-order valence-electron chi connectivity index (χ2n) is 4.13. The fourth-order valence-corrected chi connectivity index (χ4v) is 1.47. The van der Waals surface area contributed by atoms with E-state index in [-0.39, 0.29) is 6.04 Å². The Bertz CT molecular complexity index is 383. The summed E-state index contributed by atoms with van der Waals surface area (Å²) in [6, 6.07) is 8.26. The SMILES string of the molecule is CCCNc1cccc(N(C)C(C)CC#N)n1. The second-order valence-corrected chi connectivity index (χ2v) is 4.13. The molecule has 0 aliphatic carbocycles. The van der Waals surface area contributed by atoms with E-state index in [0.717, 1.165) is 24.6 Å². The highest BCUT2D eigenvalue weighted by atomic mass is 15.2. The molecule has 0 spiro atoms. The smallest absolute Gasteiger partial charge is 0.130 e. The number of nitriles is 1. The molecule has 0 aromatic carbocycles. The van der Waals surface area contributed by atoms with Crippen LogP contribution >= 0.6 is 0 Å². The number of nitrogens with zero attached hydrogens (tertiary/aromatic N) is 3. The molecule has 4 heteroatoms. The molecule has 0 amide bonds. The van der Waals surface area contributed by atoms with Crippen LogP contribution in [-0.4, -0.2) is 24.6 Å². The lowest BCUT2D eigenvalue weighted by atomic mass is 10.2. The minimum absolute atomic E-state index is 0.175. The minimum Gasteiger partial charge on any atom is -0.370 e. The molecule has 0 radical (unpaired) electrons. The van der Waals surface area contributed by atoms with Gasteiger partial charge < -0.3 is 10.2 Å². The first kappa shape index (κ1) is 13.3. The highest BCUT2D eigenvalue weighted by molar-refractivity contribution is 5.47. The summed E-state index contributed by atoms with van der Waals surface area (Å²) in [5.74, 6) is 1.79. The average molecular weight is 232 g/mol. The van der Waals surface area contributed by atoms with Crippen molar-refractivity contribution in [1.29, 1.82) is 5.26 Å². The number of nitrogens with one attached hydrogen (secondary N) is 1. The van der Waals surface area contributed by atoms with Crippen LogP contribution in [0.25, 0.3) is 0 Å². The molecule has 17 heavy (non-hydrogen) atoms. The summed E-state index contributed by atoms with van der Waals surface area (Å²) in [5.41, 5.74) is 0. The number of pyridine rings is 1.